The third-order valence-corrected chi connectivity index (χ3v) is 6.22. The Kier molecular flexibility index (Phi) is 5.80. The first kappa shape index (κ1) is 21.4. The van der Waals surface area contributed by atoms with E-state index in [-0.39, 0.29) is 0 Å². The molecule has 6 nitrogen and oxygen atoms in total. The van der Waals surface area contributed by atoms with Crippen LogP contribution in [0.25, 0.3) is 21.3 Å². The van der Waals surface area contributed by atoms with E-state index in [1.54, 1.807) is 42.5 Å². The van der Waals surface area contributed by atoms with E-state index in [4.69, 9.17) is 26.9 Å². The van der Waals surface area contributed by atoms with Crippen LogP contribution < -0.4 is 10.1 Å². The van der Waals surface area contributed by atoms with Crippen LogP contribution >= 0.6 is 22.9 Å². The lowest BCUT2D eigenvalue weighted by molar-refractivity contribution is 0.470. The highest BCUT2D eigenvalue weighted by atomic mass is 35.5. The number of aromatic nitrogens is 2. The second-order valence-corrected chi connectivity index (χ2v) is 8.56. The summed E-state index contributed by atoms with van der Waals surface area (Å²) in [5.74, 6) is 1.23. The van der Waals surface area contributed by atoms with Crippen molar-refractivity contribution in [2.75, 3.05) is 5.32 Å². The van der Waals surface area contributed by atoms with Crippen LogP contribution in [-0.2, 0) is 0 Å². The van der Waals surface area contributed by atoms with E-state index < -0.39 is 0 Å². The summed E-state index contributed by atoms with van der Waals surface area (Å²) >= 11 is 8.03. The standard InChI is InChI=1S/C26H14ClN5OS/c27-21-13-19(18-5-1-16(14-28)2-6-18)7-10-23(21)33-25-24-22(11-12-34-24)31-26(32-25)30-20-8-3-17(15-29)4-9-20/h1-13H,(H,30,31,32). The molecule has 0 unspecified atom stereocenters. The molecule has 0 fully saturated rings. The van der Waals surface area contributed by atoms with Gasteiger partial charge in [0.15, 0.2) is 0 Å². The molecule has 0 amide bonds. The first-order chi connectivity index (χ1) is 16.6. The van der Waals surface area contributed by atoms with Gasteiger partial charge in [0.1, 0.15) is 10.4 Å². The van der Waals surface area contributed by atoms with Crippen LogP contribution in [-0.4, -0.2) is 9.97 Å². The number of halogens is 1. The largest absolute Gasteiger partial charge is 0.436 e. The number of nitrogens with one attached hydrogen (secondary N) is 1. The Bertz CT molecular complexity index is 1580. The summed E-state index contributed by atoms with van der Waals surface area (Å²) in [5.41, 5.74) is 4.53. The van der Waals surface area contributed by atoms with Crippen LogP contribution in [0.5, 0.6) is 11.6 Å². The first-order valence-corrected chi connectivity index (χ1v) is 11.4. The summed E-state index contributed by atoms with van der Waals surface area (Å²) in [4.78, 5) is 9.11. The maximum Gasteiger partial charge on any atom is 0.242 e. The zero-order valence-electron chi connectivity index (χ0n) is 17.5. The van der Waals surface area contributed by atoms with Crippen LogP contribution in [0.2, 0.25) is 5.02 Å². The van der Waals surface area contributed by atoms with E-state index >= 15 is 0 Å². The van der Waals surface area contributed by atoms with Crippen LogP contribution in [0.15, 0.2) is 78.2 Å². The molecule has 0 bridgehead atoms. The molecule has 2 heterocycles. The van der Waals surface area contributed by atoms with E-state index in [0.717, 1.165) is 27.0 Å². The first-order valence-electron chi connectivity index (χ1n) is 10.1. The predicted molar refractivity (Wildman–Crippen MR) is 134 cm³/mol. The van der Waals surface area contributed by atoms with Gasteiger partial charge in [-0.15, -0.1) is 11.3 Å². The van der Waals surface area contributed by atoms with E-state index in [1.807, 2.05) is 35.7 Å². The van der Waals surface area contributed by atoms with E-state index in [2.05, 4.69) is 27.4 Å². The number of benzene rings is 3. The summed E-state index contributed by atoms with van der Waals surface area (Å²) < 4.78 is 6.93. The van der Waals surface area contributed by atoms with Gasteiger partial charge in [0, 0.05) is 5.69 Å². The Morgan fingerprint density at radius 3 is 2.18 bits per heavy atom. The molecule has 0 aliphatic heterocycles. The quantitative estimate of drug-likeness (QED) is 0.284. The number of nitrogens with zero attached hydrogens (tertiary/aromatic N) is 4. The van der Waals surface area contributed by atoms with Gasteiger partial charge >= 0.3 is 0 Å². The number of thiophene rings is 1. The summed E-state index contributed by atoms with van der Waals surface area (Å²) in [6, 6.07) is 26.0. The fraction of sp³-hybridized carbons (Fsp3) is 0. The summed E-state index contributed by atoms with van der Waals surface area (Å²) in [6.45, 7) is 0. The number of nitriles is 2. The van der Waals surface area contributed by atoms with Crippen molar-refractivity contribution in [3.63, 3.8) is 0 Å². The molecule has 5 rings (SSSR count). The van der Waals surface area contributed by atoms with Gasteiger partial charge in [-0.25, -0.2) is 4.98 Å². The highest BCUT2D eigenvalue weighted by molar-refractivity contribution is 7.17. The number of ether oxygens (including phenoxy) is 1. The molecule has 162 valence electrons. The fourth-order valence-electron chi connectivity index (χ4n) is 3.32. The minimum absolute atomic E-state index is 0.371. The second-order valence-electron chi connectivity index (χ2n) is 7.24. The van der Waals surface area contributed by atoms with Crippen molar-refractivity contribution in [3.05, 3.63) is 94.3 Å². The van der Waals surface area contributed by atoms with Crippen molar-refractivity contribution in [1.29, 1.82) is 10.5 Å². The molecule has 8 heteroatoms. The average molecular weight is 480 g/mol. The monoisotopic (exact) mass is 479 g/mol. The molecule has 1 N–H and O–H groups in total. The molecular formula is C26H14ClN5OS. The number of hydrogen-bond donors (Lipinski definition) is 1. The minimum atomic E-state index is 0.371. The molecule has 0 aliphatic rings. The van der Waals surface area contributed by atoms with Crippen LogP contribution in [0.4, 0.5) is 11.6 Å². The lowest BCUT2D eigenvalue weighted by atomic mass is 10.0. The number of hydrogen-bond acceptors (Lipinski definition) is 7. The summed E-state index contributed by atoms with van der Waals surface area (Å²) in [5, 5.41) is 23.5. The molecule has 0 saturated heterocycles. The Hall–Kier alpha value is -4.43. The number of fused-ring (bicyclic) bond motifs is 1. The topological polar surface area (TPSA) is 94.6 Å². The van der Waals surface area contributed by atoms with Crippen molar-refractivity contribution in [2.45, 2.75) is 0 Å². The van der Waals surface area contributed by atoms with Crippen molar-refractivity contribution < 1.29 is 4.74 Å². The lowest BCUT2D eigenvalue weighted by Gasteiger charge is -2.11. The summed E-state index contributed by atoms with van der Waals surface area (Å²) in [6.07, 6.45) is 0. The minimum Gasteiger partial charge on any atom is -0.436 e. The molecular weight excluding hydrogens is 466 g/mol. The van der Waals surface area contributed by atoms with Gasteiger partial charge in [0.25, 0.3) is 0 Å². The van der Waals surface area contributed by atoms with Crippen LogP contribution in [0.1, 0.15) is 11.1 Å². The van der Waals surface area contributed by atoms with E-state index in [1.165, 1.54) is 11.3 Å². The average Bonchev–Trinajstić information content (AvgIpc) is 3.35. The Balaban J connectivity index is 1.44. The molecule has 34 heavy (non-hydrogen) atoms. The highest BCUT2D eigenvalue weighted by Gasteiger charge is 2.14. The Morgan fingerprint density at radius 2 is 1.50 bits per heavy atom. The van der Waals surface area contributed by atoms with Gasteiger partial charge < -0.3 is 10.1 Å². The molecule has 3 aromatic carbocycles. The van der Waals surface area contributed by atoms with Gasteiger partial charge in [-0.3, -0.25) is 0 Å². The third kappa shape index (κ3) is 4.39. The number of rotatable bonds is 5. The summed E-state index contributed by atoms with van der Waals surface area (Å²) in [7, 11) is 0. The SMILES string of the molecule is N#Cc1ccc(Nc2nc(Oc3ccc(-c4ccc(C#N)cc4)cc3Cl)c3sccc3n2)cc1. The highest BCUT2D eigenvalue weighted by Crippen LogP contribution is 2.37. The van der Waals surface area contributed by atoms with E-state index in [0.29, 0.717) is 33.7 Å². The normalized spacial score (nSPS) is 10.4. The van der Waals surface area contributed by atoms with E-state index in [9.17, 15) is 0 Å². The predicted octanol–water partition coefficient (Wildman–Crippen LogP) is 7.29. The van der Waals surface area contributed by atoms with Crippen LogP contribution in [0.3, 0.4) is 0 Å². The molecule has 0 atom stereocenters. The second kappa shape index (κ2) is 9.21. The molecule has 0 spiro atoms. The van der Waals surface area contributed by atoms with Crippen LogP contribution in [0, 0.1) is 22.7 Å². The molecule has 0 saturated carbocycles. The molecule has 0 aliphatic carbocycles. The smallest absolute Gasteiger partial charge is 0.242 e. The Labute approximate surface area is 204 Å². The zero-order valence-corrected chi connectivity index (χ0v) is 19.1. The van der Waals surface area contributed by atoms with Crippen molar-refractivity contribution in [2.24, 2.45) is 0 Å². The van der Waals surface area contributed by atoms with Gasteiger partial charge in [0.2, 0.25) is 11.8 Å². The Morgan fingerprint density at radius 1 is 0.824 bits per heavy atom. The van der Waals surface area contributed by atoms with Gasteiger partial charge in [0.05, 0.1) is 33.8 Å². The molecule has 2 aromatic heterocycles. The van der Waals surface area contributed by atoms with Gasteiger partial charge in [-0.1, -0.05) is 29.8 Å². The fourth-order valence-corrected chi connectivity index (χ4v) is 4.30. The maximum atomic E-state index is 8.99. The van der Waals surface area contributed by atoms with Crippen molar-refractivity contribution in [3.8, 4) is 34.9 Å². The van der Waals surface area contributed by atoms with Crippen molar-refractivity contribution in [1.82, 2.24) is 9.97 Å². The third-order valence-electron chi connectivity index (χ3n) is 5.03. The van der Waals surface area contributed by atoms with Gasteiger partial charge in [-0.05, 0) is 71.1 Å². The lowest BCUT2D eigenvalue weighted by Crippen LogP contribution is -1.99. The number of anilines is 2. The van der Waals surface area contributed by atoms with Crippen molar-refractivity contribution >= 4 is 44.8 Å². The zero-order chi connectivity index (χ0) is 23.5. The van der Waals surface area contributed by atoms with Gasteiger partial charge in [-0.2, -0.15) is 15.5 Å². The molecule has 5 aromatic rings. The maximum absolute atomic E-state index is 8.99. The molecule has 0 radical (unpaired) electrons.